The molecule has 0 atom stereocenters. The van der Waals surface area contributed by atoms with Crippen molar-refractivity contribution in [1.82, 2.24) is 4.72 Å². The molecule has 0 saturated heterocycles. The quantitative estimate of drug-likeness (QED) is 0.745. The number of sulfonamides is 1. The van der Waals surface area contributed by atoms with Crippen LogP contribution in [0.25, 0.3) is 0 Å². The van der Waals surface area contributed by atoms with Crippen LogP contribution >= 0.6 is 22.9 Å². The SMILES string of the molecule is O=C(O)CCc1cc(CCNS(=O)(=O)c2ccc(Cl)cc2)cs1. The van der Waals surface area contributed by atoms with E-state index in [-0.39, 0.29) is 17.9 Å². The second kappa shape index (κ2) is 7.92. The summed E-state index contributed by atoms with van der Waals surface area (Å²) >= 11 is 7.24. The van der Waals surface area contributed by atoms with Gasteiger partial charge in [-0.3, -0.25) is 4.79 Å². The van der Waals surface area contributed by atoms with E-state index < -0.39 is 16.0 Å². The number of carbonyl (C=O) groups is 1. The minimum Gasteiger partial charge on any atom is -0.481 e. The maximum atomic E-state index is 12.1. The lowest BCUT2D eigenvalue weighted by Gasteiger charge is -2.06. The van der Waals surface area contributed by atoms with Crippen molar-refractivity contribution in [2.24, 2.45) is 0 Å². The normalized spacial score (nSPS) is 11.5. The maximum Gasteiger partial charge on any atom is 0.303 e. The number of rotatable bonds is 8. The molecule has 0 saturated carbocycles. The highest BCUT2D eigenvalue weighted by Crippen LogP contribution is 2.17. The summed E-state index contributed by atoms with van der Waals surface area (Å²) in [6.07, 6.45) is 1.15. The summed E-state index contributed by atoms with van der Waals surface area (Å²) in [7, 11) is -3.54. The molecule has 1 aromatic heterocycles. The van der Waals surface area contributed by atoms with E-state index >= 15 is 0 Å². The zero-order valence-corrected chi connectivity index (χ0v) is 14.5. The summed E-state index contributed by atoms with van der Waals surface area (Å²) in [5, 5.41) is 11.1. The van der Waals surface area contributed by atoms with Crippen molar-refractivity contribution in [3.63, 3.8) is 0 Å². The Labute approximate surface area is 144 Å². The van der Waals surface area contributed by atoms with Gasteiger partial charge in [-0.2, -0.15) is 0 Å². The zero-order chi connectivity index (χ0) is 16.9. The standard InChI is InChI=1S/C15H16ClNO4S2/c16-12-1-4-14(5-2-12)23(20,21)17-8-7-11-9-13(22-10-11)3-6-15(18)19/h1-2,4-5,9-10,17H,3,6-8H2,(H,18,19). The number of carboxylic acids is 1. The molecule has 0 radical (unpaired) electrons. The Morgan fingerprint density at radius 1 is 1.22 bits per heavy atom. The molecule has 5 nitrogen and oxygen atoms in total. The van der Waals surface area contributed by atoms with Gasteiger partial charge in [-0.25, -0.2) is 13.1 Å². The molecule has 0 unspecified atom stereocenters. The summed E-state index contributed by atoms with van der Waals surface area (Å²) in [6, 6.07) is 7.90. The molecule has 8 heteroatoms. The van der Waals surface area contributed by atoms with Gasteiger partial charge in [0.05, 0.1) is 11.3 Å². The van der Waals surface area contributed by atoms with E-state index in [0.29, 0.717) is 17.9 Å². The topological polar surface area (TPSA) is 83.5 Å². The van der Waals surface area contributed by atoms with E-state index in [1.807, 2.05) is 11.4 Å². The monoisotopic (exact) mass is 373 g/mol. The third-order valence-electron chi connectivity index (χ3n) is 3.12. The van der Waals surface area contributed by atoms with E-state index in [1.54, 1.807) is 0 Å². The molecule has 0 aliphatic rings. The number of benzene rings is 1. The van der Waals surface area contributed by atoms with E-state index in [4.69, 9.17) is 16.7 Å². The molecular formula is C15H16ClNO4S2. The second-order valence-corrected chi connectivity index (χ2v) is 8.12. The van der Waals surface area contributed by atoms with Crippen LogP contribution in [-0.2, 0) is 27.7 Å². The van der Waals surface area contributed by atoms with Crippen LogP contribution in [0.3, 0.4) is 0 Å². The number of aryl methyl sites for hydroxylation is 1. The van der Waals surface area contributed by atoms with Gasteiger partial charge in [0.15, 0.2) is 0 Å². The van der Waals surface area contributed by atoms with Crippen LogP contribution in [0.1, 0.15) is 16.9 Å². The van der Waals surface area contributed by atoms with Gasteiger partial charge in [0, 0.05) is 16.4 Å². The van der Waals surface area contributed by atoms with Crippen LogP contribution in [0.2, 0.25) is 5.02 Å². The predicted molar refractivity (Wildman–Crippen MR) is 90.6 cm³/mol. The van der Waals surface area contributed by atoms with Crippen LogP contribution < -0.4 is 4.72 Å². The Morgan fingerprint density at radius 2 is 1.91 bits per heavy atom. The first kappa shape index (κ1) is 17.9. The third kappa shape index (κ3) is 5.62. The summed E-state index contributed by atoms with van der Waals surface area (Å²) in [6.45, 7) is 0.278. The Bertz CT molecular complexity index is 769. The molecule has 2 rings (SSSR count). The molecule has 0 spiro atoms. The van der Waals surface area contributed by atoms with Gasteiger partial charge < -0.3 is 5.11 Å². The van der Waals surface area contributed by atoms with Gasteiger partial charge in [-0.15, -0.1) is 11.3 Å². The van der Waals surface area contributed by atoms with E-state index in [0.717, 1.165) is 10.4 Å². The summed E-state index contributed by atoms with van der Waals surface area (Å²) in [4.78, 5) is 11.7. The van der Waals surface area contributed by atoms with Crippen LogP contribution in [0, 0.1) is 0 Å². The summed E-state index contributed by atoms with van der Waals surface area (Å²) < 4.78 is 26.7. The van der Waals surface area contributed by atoms with Crippen LogP contribution in [0.15, 0.2) is 40.6 Å². The third-order valence-corrected chi connectivity index (χ3v) is 5.90. The molecule has 2 aromatic rings. The first-order chi connectivity index (χ1) is 10.9. The first-order valence-corrected chi connectivity index (χ1v) is 9.64. The number of hydrogen-bond acceptors (Lipinski definition) is 4. The fourth-order valence-electron chi connectivity index (χ4n) is 1.95. The lowest BCUT2D eigenvalue weighted by molar-refractivity contribution is -0.136. The molecule has 23 heavy (non-hydrogen) atoms. The van der Waals surface area contributed by atoms with Gasteiger partial charge in [-0.05, 0) is 54.1 Å². The Balaban J connectivity index is 1.87. The molecule has 1 aromatic carbocycles. The average molecular weight is 374 g/mol. The number of carboxylic acid groups (broad SMARTS) is 1. The van der Waals surface area contributed by atoms with Crippen LogP contribution in [-0.4, -0.2) is 26.0 Å². The van der Waals surface area contributed by atoms with Crippen LogP contribution in [0.4, 0.5) is 0 Å². The number of aliphatic carboxylic acids is 1. The van der Waals surface area contributed by atoms with Crippen molar-refractivity contribution in [3.05, 3.63) is 51.2 Å². The van der Waals surface area contributed by atoms with Crippen molar-refractivity contribution in [3.8, 4) is 0 Å². The van der Waals surface area contributed by atoms with Gasteiger partial charge >= 0.3 is 5.97 Å². The largest absolute Gasteiger partial charge is 0.481 e. The molecule has 1 heterocycles. The Morgan fingerprint density at radius 3 is 2.57 bits per heavy atom. The average Bonchev–Trinajstić information content (AvgIpc) is 2.93. The first-order valence-electron chi connectivity index (χ1n) is 6.90. The Hall–Kier alpha value is -1.41. The van der Waals surface area contributed by atoms with Gasteiger partial charge in [0.25, 0.3) is 0 Å². The van der Waals surface area contributed by atoms with Gasteiger partial charge in [0.1, 0.15) is 0 Å². The number of hydrogen-bond donors (Lipinski definition) is 2. The lowest BCUT2D eigenvalue weighted by atomic mass is 10.2. The highest BCUT2D eigenvalue weighted by atomic mass is 35.5. The zero-order valence-electron chi connectivity index (χ0n) is 12.2. The predicted octanol–water partition coefficient (Wildman–Crippen LogP) is 2.94. The Kier molecular flexibility index (Phi) is 6.17. The molecular weight excluding hydrogens is 358 g/mol. The summed E-state index contributed by atoms with van der Waals surface area (Å²) in [5.41, 5.74) is 0.995. The van der Waals surface area contributed by atoms with Crippen molar-refractivity contribution < 1.29 is 18.3 Å². The lowest BCUT2D eigenvalue weighted by Crippen LogP contribution is -2.25. The molecule has 0 aliphatic heterocycles. The van der Waals surface area contributed by atoms with Crippen molar-refractivity contribution >= 4 is 38.9 Å². The molecule has 0 amide bonds. The fourth-order valence-corrected chi connectivity index (χ4v) is 4.03. The second-order valence-electron chi connectivity index (χ2n) is 4.92. The summed E-state index contributed by atoms with van der Waals surface area (Å²) in [5.74, 6) is -0.823. The van der Waals surface area contributed by atoms with E-state index in [2.05, 4.69) is 4.72 Å². The molecule has 0 aliphatic carbocycles. The molecule has 0 fully saturated rings. The van der Waals surface area contributed by atoms with Crippen molar-refractivity contribution in [2.75, 3.05) is 6.54 Å². The number of halogens is 1. The highest BCUT2D eigenvalue weighted by Gasteiger charge is 2.13. The molecule has 0 bridgehead atoms. The van der Waals surface area contributed by atoms with Gasteiger partial charge in [0.2, 0.25) is 10.0 Å². The fraction of sp³-hybridized carbons (Fsp3) is 0.267. The van der Waals surface area contributed by atoms with Gasteiger partial charge in [-0.1, -0.05) is 11.6 Å². The maximum absolute atomic E-state index is 12.1. The van der Waals surface area contributed by atoms with E-state index in [9.17, 15) is 13.2 Å². The number of thiophene rings is 1. The van der Waals surface area contributed by atoms with Crippen molar-refractivity contribution in [2.45, 2.75) is 24.2 Å². The minimum atomic E-state index is -3.54. The smallest absolute Gasteiger partial charge is 0.303 e. The van der Waals surface area contributed by atoms with Crippen molar-refractivity contribution in [1.29, 1.82) is 0 Å². The molecule has 2 N–H and O–H groups in total. The highest BCUT2D eigenvalue weighted by molar-refractivity contribution is 7.89. The van der Waals surface area contributed by atoms with E-state index in [1.165, 1.54) is 35.6 Å². The minimum absolute atomic E-state index is 0.100. The molecule has 124 valence electrons. The van der Waals surface area contributed by atoms with Crippen LogP contribution in [0.5, 0.6) is 0 Å². The number of nitrogens with one attached hydrogen (secondary N) is 1.